The molecule has 168 valence electrons. The predicted molar refractivity (Wildman–Crippen MR) is 119 cm³/mol. The van der Waals surface area contributed by atoms with E-state index in [1.54, 1.807) is 18.2 Å². The standard InChI is InChI=1S/C24H26N2O6/c1-4-29-19-14-17(15-20(30-5-2)22(19)31-6-3)23(27)25-26-24(28)21-18(12-13-32-21)16-10-8-7-9-11-16/h7-15H,4-6H2,1-3H3,(H,25,27)(H,26,28). The van der Waals surface area contributed by atoms with Gasteiger partial charge in [0.2, 0.25) is 11.5 Å². The average molecular weight is 438 g/mol. The van der Waals surface area contributed by atoms with Crippen molar-refractivity contribution in [3.63, 3.8) is 0 Å². The van der Waals surface area contributed by atoms with Gasteiger partial charge >= 0.3 is 5.91 Å². The molecule has 0 unspecified atom stereocenters. The van der Waals surface area contributed by atoms with E-state index in [4.69, 9.17) is 18.6 Å². The first-order chi connectivity index (χ1) is 15.6. The number of hydrogen-bond donors (Lipinski definition) is 2. The second-order valence-electron chi connectivity index (χ2n) is 6.54. The quantitative estimate of drug-likeness (QED) is 0.486. The fourth-order valence-electron chi connectivity index (χ4n) is 3.09. The Hall–Kier alpha value is -3.94. The molecule has 2 N–H and O–H groups in total. The summed E-state index contributed by atoms with van der Waals surface area (Å²) in [5, 5.41) is 0. The second-order valence-corrected chi connectivity index (χ2v) is 6.54. The van der Waals surface area contributed by atoms with Crippen LogP contribution in [0.4, 0.5) is 0 Å². The summed E-state index contributed by atoms with van der Waals surface area (Å²) in [5.74, 6) is 0.163. The van der Waals surface area contributed by atoms with Crippen molar-refractivity contribution in [1.29, 1.82) is 0 Å². The van der Waals surface area contributed by atoms with Crippen molar-refractivity contribution >= 4 is 11.8 Å². The molecule has 0 fully saturated rings. The van der Waals surface area contributed by atoms with Gasteiger partial charge in [-0.2, -0.15) is 0 Å². The predicted octanol–water partition coefficient (Wildman–Crippen LogP) is 4.22. The highest BCUT2D eigenvalue weighted by Gasteiger charge is 2.20. The summed E-state index contributed by atoms with van der Waals surface area (Å²) < 4.78 is 22.2. The Bertz CT molecular complexity index is 1030. The topological polar surface area (TPSA) is 99.0 Å². The van der Waals surface area contributed by atoms with E-state index in [2.05, 4.69) is 10.9 Å². The first-order valence-corrected chi connectivity index (χ1v) is 10.4. The molecule has 0 aliphatic rings. The molecule has 0 saturated carbocycles. The number of furan rings is 1. The summed E-state index contributed by atoms with van der Waals surface area (Å²) >= 11 is 0. The van der Waals surface area contributed by atoms with Crippen molar-refractivity contribution in [2.75, 3.05) is 19.8 Å². The third-order valence-electron chi connectivity index (χ3n) is 4.42. The first-order valence-electron chi connectivity index (χ1n) is 10.4. The summed E-state index contributed by atoms with van der Waals surface area (Å²) in [6, 6.07) is 14.1. The summed E-state index contributed by atoms with van der Waals surface area (Å²) in [4.78, 5) is 25.4. The van der Waals surface area contributed by atoms with Crippen LogP contribution in [-0.4, -0.2) is 31.6 Å². The van der Waals surface area contributed by atoms with E-state index in [1.807, 2.05) is 51.1 Å². The molecule has 0 aliphatic heterocycles. The Morgan fingerprint density at radius 2 is 1.41 bits per heavy atom. The monoisotopic (exact) mass is 438 g/mol. The lowest BCUT2D eigenvalue weighted by Crippen LogP contribution is -2.41. The third kappa shape index (κ3) is 5.21. The molecule has 2 aromatic carbocycles. The summed E-state index contributed by atoms with van der Waals surface area (Å²) in [5.41, 5.74) is 6.48. The minimum absolute atomic E-state index is 0.0909. The van der Waals surface area contributed by atoms with Gasteiger partial charge in [0.1, 0.15) is 0 Å². The molecule has 0 saturated heterocycles. The van der Waals surface area contributed by atoms with Crippen LogP contribution < -0.4 is 25.1 Å². The Morgan fingerprint density at radius 3 is 2.00 bits per heavy atom. The SMILES string of the molecule is CCOc1cc(C(=O)NNC(=O)c2occc2-c2ccccc2)cc(OCC)c1OCC. The molecule has 8 heteroatoms. The zero-order valence-corrected chi connectivity index (χ0v) is 18.3. The number of ether oxygens (including phenoxy) is 3. The molecule has 1 heterocycles. The normalized spacial score (nSPS) is 10.3. The zero-order chi connectivity index (χ0) is 22.9. The van der Waals surface area contributed by atoms with Gasteiger partial charge in [0, 0.05) is 11.1 Å². The number of nitrogens with one attached hydrogen (secondary N) is 2. The summed E-state index contributed by atoms with van der Waals surface area (Å²) in [7, 11) is 0. The maximum absolute atomic E-state index is 12.7. The Labute approximate surface area is 186 Å². The maximum Gasteiger partial charge on any atom is 0.306 e. The van der Waals surface area contributed by atoms with E-state index in [0.717, 1.165) is 5.56 Å². The number of rotatable bonds is 9. The van der Waals surface area contributed by atoms with Crippen molar-refractivity contribution < 1.29 is 28.2 Å². The third-order valence-corrected chi connectivity index (χ3v) is 4.42. The van der Waals surface area contributed by atoms with Crippen molar-refractivity contribution in [2.45, 2.75) is 20.8 Å². The largest absolute Gasteiger partial charge is 0.490 e. The Kier molecular flexibility index (Phi) is 7.75. The molecule has 1 aromatic heterocycles. The average Bonchev–Trinajstić information content (AvgIpc) is 3.30. The van der Waals surface area contributed by atoms with E-state index < -0.39 is 11.8 Å². The van der Waals surface area contributed by atoms with Gasteiger partial charge in [-0.25, -0.2) is 0 Å². The highest BCUT2D eigenvalue weighted by molar-refractivity contribution is 6.01. The van der Waals surface area contributed by atoms with Gasteiger partial charge < -0.3 is 18.6 Å². The lowest BCUT2D eigenvalue weighted by molar-refractivity contribution is 0.0831. The van der Waals surface area contributed by atoms with Crippen LogP contribution >= 0.6 is 0 Å². The van der Waals surface area contributed by atoms with E-state index in [0.29, 0.717) is 42.6 Å². The molecular formula is C24H26N2O6. The molecule has 0 spiro atoms. The van der Waals surface area contributed by atoms with Crippen molar-refractivity contribution in [1.82, 2.24) is 10.9 Å². The van der Waals surface area contributed by atoms with E-state index in [1.165, 1.54) is 6.26 Å². The lowest BCUT2D eigenvalue weighted by atomic mass is 10.1. The van der Waals surface area contributed by atoms with Gasteiger partial charge in [0.15, 0.2) is 11.5 Å². The number of carbonyl (C=O) groups is 2. The van der Waals surface area contributed by atoms with Gasteiger partial charge in [-0.1, -0.05) is 30.3 Å². The number of hydrazine groups is 1. The molecule has 0 atom stereocenters. The van der Waals surface area contributed by atoms with E-state index in [-0.39, 0.29) is 11.3 Å². The highest BCUT2D eigenvalue weighted by atomic mass is 16.5. The smallest absolute Gasteiger partial charge is 0.306 e. The lowest BCUT2D eigenvalue weighted by Gasteiger charge is -2.17. The van der Waals surface area contributed by atoms with E-state index in [9.17, 15) is 9.59 Å². The van der Waals surface area contributed by atoms with Crippen molar-refractivity contribution in [3.05, 3.63) is 66.1 Å². The van der Waals surface area contributed by atoms with Crippen LogP contribution in [0.25, 0.3) is 11.1 Å². The molecule has 0 radical (unpaired) electrons. The van der Waals surface area contributed by atoms with E-state index >= 15 is 0 Å². The van der Waals surface area contributed by atoms with Crippen molar-refractivity contribution in [3.8, 4) is 28.4 Å². The Morgan fingerprint density at radius 1 is 0.812 bits per heavy atom. The molecular weight excluding hydrogens is 412 g/mol. The summed E-state index contributed by atoms with van der Waals surface area (Å²) in [6.45, 7) is 6.68. The molecule has 0 bridgehead atoms. The maximum atomic E-state index is 12.7. The fraction of sp³-hybridized carbons (Fsp3) is 0.250. The molecule has 0 aliphatic carbocycles. The van der Waals surface area contributed by atoms with Crippen LogP contribution in [-0.2, 0) is 0 Å². The van der Waals surface area contributed by atoms with Crippen LogP contribution in [0.2, 0.25) is 0 Å². The van der Waals surface area contributed by atoms with Crippen molar-refractivity contribution in [2.24, 2.45) is 0 Å². The summed E-state index contributed by atoms with van der Waals surface area (Å²) in [6.07, 6.45) is 1.42. The molecule has 3 rings (SSSR count). The van der Waals surface area contributed by atoms with Gasteiger partial charge in [-0.05, 0) is 44.5 Å². The minimum atomic E-state index is -0.580. The number of carbonyl (C=O) groups excluding carboxylic acids is 2. The van der Waals surface area contributed by atoms with Gasteiger partial charge in [0.25, 0.3) is 5.91 Å². The molecule has 2 amide bonds. The van der Waals surface area contributed by atoms with Crippen LogP contribution in [0.3, 0.4) is 0 Å². The van der Waals surface area contributed by atoms with Crippen LogP contribution in [0.1, 0.15) is 41.7 Å². The van der Waals surface area contributed by atoms with Gasteiger partial charge in [-0.3, -0.25) is 20.4 Å². The fourth-order valence-corrected chi connectivity index (χ4v) is 3.09. The minimum Gasteiger partial charge on any atom is -0.490 e. The van der Waals surface area contributed by atoms with Crippen LogP contribution in [0.5, 0.6) is 17.2 Å². The zero-order valence-electron chi connectivity index (χ0n) is 18.3. The molecule has 8 nitrogen and oxygen atoms in total. The highest BCUT2D eigenvalue weighted by Crippen LogP contribution is 2.39. The Balaban J connectivity index is 1.78. The first kappa shape index (κ1) is 22.7. The molecule has 3 aromatic rings. The van der Waals surface area contributed by atoms with Gasteiger partial charge in [0.05, 0.1) is 26.1 Å². The molecule has 32 heavy (non-hydrogen) atoms. The van der Waals surface area contributed by atoms with Gasteiger partial charge in [-0.15, -0.1) is 0 Å². The number of amides is 2. The number of hydrogen-bond acceptors (Lipinski definition) is 6. The number of benzene rings is 2. The van der Waals surface area contributed by atoms with Crippen LogP contribution in [0, 0.1) is 0 Å². The van der Waals surface area contributed by atoms with Crippen LogP contribution in [0.15, 0.2) is 59.2 Å². The second kappa shape index (κ2) is 10.9.